The lowest BCUT2D eigenvalue weighted by atomic mass is 10.1. The van der Waals surface area contributed by atoms with Crippen LogP contribution >= 0.6 is 11.6 Å². The van der Waals surface area contributed by atoms with Gasteiger partial charge in [0.15, 0.2) is 0 Å². The van der Waals surface area contributed by atoms with Crippen LogP contribution in [0, 0.1) is 0 Å². The van der Waals surface area contributed by atoms with Crippen molar-refractivity contribution >= 4 is 11.6 Å². The summed E-state index contributed by atoms with van der Waals surface area (Å²) in [4.78, 5) is 3.83. The van der Waals surface area contributed by atoms with Crippen molar-refractivity contribution in [3.8, 4) is 16.9 Å². The fourth-order valence-electron chi connectivity index (χ4n) is 1.67. The number of aromatic nitrogens is 1. The number of benzene rings is 1. The molecule has 2 rings (SSSR count). The third kappa shape index (κ3) is 3.40. The van der Waals surface area contributed by atoms with Gasteiger partial charge in [-0.1, -0.05) is 29.8 Å². The van der Waals surface area contributed by atoms with Crippen LogP contribution in [0.1, 0.15) is 5.56 Å². The van der Waals surface area contributed by atoms with E-state index >= 15 is 0 Å². The van der Waals surface area contributed by atoms with Crippen LogP contribution in [-0.2, 0) is 6.61 Å². The molecule has 1 heterocycles. The van der Waals surface area contributed by atoms with E-state index < -0.39 is 6.36 Å². The Kier molecular flexibility index (Phi) is 4.15. The number of hydrogen-bond acceptors (Lipinski definition) is 3. The van der Waals surface area contributed by atoms with Gasteiger partial charge >= 0.3 is 6.36 Å². The summed E-state index contributed by atoms with van der Waals surface area (Å²) in [7, 11) is 0. The molecular weight excluding hydrogens is 295 g/mol. The Labute approximate surface area is 117 Å². The zero-order valence-corrected chi connectivity index (χ0v) is 10.7. The summed E-state index contributed by atoms with van der Waals surface area (Å²) in [5.74, 6) is -0.376. The third-order valence-electron chi connectivity index (χ3n) is 2.48. The number of hydrogen-bond donors (Lipinski definition) is 1. The standard InChI is InChI=1S/C13H9ClF3NO2/c14-12-10(5-8(7-19)6-18-12)9-3-1-2-4-11(9)20-13(15,16)17/h1-6,19H,7H2. The molecule has 0 fully saturated rings. The molecule has 0 saturated carbocycles. The number of nitrogens with zero attached hydrogens (tertiary/aromatic N) is 1. The van der Waals surface area contributed by atoms with Gasteiger partial charge in [0.1, 0.15) is 10.9 Å². The minimum atomic E-state index is -4.80. The molecule has 0 unspecified atom stereocenters. The maximum Gasteiger partial charge on any atom is 0.573 e. The number of rotatable bonds is 3. The molecule has 0 atom stereocenters. The highest BCUT2D eigenvalue weighted by Crippen LogP contribution is 2.36. The normalized spacial score (nSPS) is 11.4. The van der Waals surface area contributed by atoms with Crippen LogP contribution in [0.3, 0.4) is 0 Å². The molecule has 0 aliphatic rings. The molecule has 2 aromatic rings. The van der Waals surface area contributed by atoms with Crippen molar-refractivity contribution < 1.29 is 23.0 Å². The average Bonchev–Trinajstić information content (AvgIpc) is 2.38. The van der Waals surface area contributed by atoms with E-state index in [1.807, 2.05) is 0 Å². The monoisotopic (exact) mass is 303 g/mol. The summed E-state index contributed by atoms with van der Waals surface area (Å²) in [6.45, 7) is -0.292. The number of para-hydroxylation sites is 1. The lowest BCUT2D eigenvalue weighted by Crippen LogP contribution is -2.17. The van der Waals surface area contributed by atoms with Gasteiger partial charge < -0.3 is 9.84 Å². The molecular formula is C13H9ClF3NO2. The van der Waals surface area contributed by atoms with Crippen LogP contribution in [-0.4, -0.2) is 16.5 Å². The van der Waals surface area contributed by atoms with Crippen LogP contribution in [0.25, 0.3) is 11.1 Å². The first-order chi connectivity index (χ1) is 9.40. The van der Waals surface area contributed by atoms with Crippen molar-refractivity contribution in [3.63, 3.8) is 0 Å². The van der Waals surface area contributed by atoms with Crippen LogP contribution in [0.2, 0.25) is 5.15 Å². The quantitative estimate of drug-likeness (QED) is 0.877. The number of aliphatic hydroxyl groups is 1. The van der Waals surface area contributed by atoms with Crippen LogP contribution in [0.5, 0.6) is 5.75 Å². The van der Waals surface area contributed by atoms with E-state index in [9.17, 15) is 13.2 Å². The Morgan fingerprint density at radius 1 is 1.20 bits per heavy atom. The van der Waals surface area contributed by atoms with Gasteiger partial charge in [-0.2, -0.15) is 0 Å². The molecule has 0 spiro atoms. The van der Waals surface area contributed by atoms with Crippen molar-refractivity contribution in [3.05, 3.63) is 47.2 Å². The maximum absolute atomic E-state index is 12.4. The fraction of sp³-hybridized carbons (Fsp3) is 0.154. The second-order valence-electron chi connectivity index (χ2n) is 3.88. The van der Waals surface area contributed by atoms with Gasteiger partial charge in [0.05, 0.1) is 6.61 Å². The molecule has 20 heavy (non-hydrogen) atoms. The molecule has 106 valence electrons. The number of ether oxygens (including phenoxy) is 1. The number of halogens is 4. The lowest BCUT2D eigenvalue weighted by Gasteiger charge is -2.14. The Morgan fingerprint density at radius 2 is 1.90 bits per heavy atom. The largest absolute Gasteiger partial charge is 0.573 e. The minimum absolute atomic E-state index is 0.0282. The third-order valence-corrected chi connectivity index (χ3v) is 2.78. The van der Waals surface area contributed by atoms with E-state index in [0.717, 1.165) is 0 Å². The van der Waals surface area contributed by atoms with Crippen LogP contribution in [0.4, 0.5) is 13.2 Å². The smallest absolute Gasteiger partial charge is 0.405 e. The number of aliphatic hydroxyl groups excluding tert-OH is 1. The van der Waals surface area contributed by atoms with Crippen molar-refractivity contribution in [2.45, 2.75) is 13.0 Å². The van der Waals surface area contributed by atoms with E-state index in [2.05, 4.69) is 9.72 Å². The highest BCUT2D eigenvalue weighted by molar-refractivity contribution is 6.32. The highest BCUT2D eigenvalue weighted by Gasteiger charge is 2.32. The van der Waals surface area contributed by atoms with Crippen molar-refractivity contribution in [1.29, 1.82) is 0 Å². The highest BCUT2D eigenvalue weighted by atomic mass is 35.5. The van der Waals surface area contributed by atoms with Gasteiger partial charge in [-0.15, -0.1) is 13.2 Å². The maximum atomic E-state index is 12.4. The molecule has 0 bridgehead atoms. The second-order valence-corrected chi connectivity index (χ2v) is 4.24. The van der Waals surface area contributed by atoms with Gasteiger partial charge in [0, 0.05) is 17.3 Å². The van der Waals surface area contributed by atoms with Gasteiger partial charge in [0.25, 0.3) is 0 Å². The molecule has 0 aliphatic carbocycles. The van der Waals surface area contributed by atoms with Crippen molar-refractivity contribution in [1.82, 2.24) is 4.98 Å². The predicted molar refractivity (Wildman–Crippen MR) is 67.3 cm³/mol. The van der Waals surface area contributed by atoms with Crippen molar-refractivity contribution in [2.24, 2.45) is 0 Å². The fourth-order valence-corrected chi connectivity index (χ4v) is 1.87. The van der Waals surface area contributed by atoms with Crippen molar-refractivity contribution in [2.75, 3.05) is 0 Å². The van der Waals surface area contributed by atoms with E-state index in [4.69, 9.17) is 16.7 Å². The summed E-state index contributed by atoms with van der Waals surface area (Å²) in [6, 6.07) is 7.06. The molecule has 7 heteroatoms. The molecule has 1 aromatic heterocycles. The molecule has 1 aromatic carbocycles. The average molecular weight is 304 g/mol. The predicted octanol–water partition coefficient (Wildman–Crippen LogP) is 3.79. The Morgan fingerprint density at radius 3 is 2.55 bits per heavy atom. The first-order valence-corrected chi connectivity index (χ1v) is 5.89. The SMILES string of the molecule is OCc1cnc(Cl)c(-c2ccccc2OC(F)(F)F)c1. The van der Waals surface area contributed by atoms with Gasteiger partial charge in [-0.05, 0) is 17.7 Å². The van der Waals surface area contributed by atoms with Crippen LogP contribution < -0.4 is 4.74 Å². The van der Waals surface area contributed by atoms with Gasteiger partial charge in [0.2, 0.25) is 0 Å². The molecule has 0 saturated heterocycles. The lowest BCUT2D eigenvalue weighted by molar-refractivity contribution is -0.274. The van der Waals surface area contributed by atoms with E-state index in [0.29, 0.717) is 5.56 Å². The Balaban J connectivity index is 2.52. The number of alkyl halides is 3. The minimum Gasteiger partial charge on any atom is -0.405 e. The topological polar surface area (TPSA) is 42.4 Å². The molecule has 0 amide bonds. The summed E-state index contributed by atoms with van der Waals surface area (Å²) in [5.41, 5.74) is 0.849. The molecule has 0 aliphatic heterocycles. The zero-order valence-electron chi connectivity index (χ0n) is 9.99. The molecule has 0 radical (unpaired) electrons. The summed E-state index contributed by atoms with van der Waals surface area (Å²) >= 11 is 5.90. The van der Waals surface area contributed by atoms with Gasteiger partial charge in [-0.25, -0.2) is 4.98 Å². The zero-order chi connectivity index (χ0) is 14.8. The summed E-state index contributed by atoms with van der Waals surface area (Å²) in [5, 5.41) is 9.09. The van der Waals surface area contributed by atoms with E-state index in [1.165, 1.54) is 30.5 Å². The van der Waals surface area contributed by atoms with E-state index in [1.54, 1.807) is 6.07 Å². The molecule has 3 nitrogen and oxygen atoms in total. The molecule has 1 N–H and O–H groups in total. The summed E-state index contributed by atoms with van der Waals surface area (Å²) < 4.78 is 41.1. The second kappa shape index (κ2) is 5.68. The number of pyridine rings is 1. The first kappa shape index (κ1) is 14.6. The summed E-state index contributed by atoms with van der Waals surface area (Å²) in [6.07, 6.45) is -3.45. The van der Waals surface area contributed by atoms with E-state index in [-0.39, 0.29) is 28.6 Å². The first-order valence-electron chi connectivity index (χ1n) is 5.51. The Bertz CT molecular complexity index is 617. The van der Waals surface area contributed by atoms with Gasteiger partial charge in [-0.3, -0.25) is 0 Å². The van der Waals surface area contributed by atoms with Crippen LogP contribution in [0.15, 0.2) is 36.5 Å². The Hall–Kier alpha value is -1.79.